The summed E-state index contributed by atoms with van der Waals surface area (Å²) in [5.41, 5.74) is 2.34. The highest BCUT2D eigenvalue weighted by molar-refractivity contribution is 8.15. The van der Waals surface area contributed by atoms with Gasteiger partial charge in [-0.2, -0.15) is 5.10 Å². The number of amidine groups is 1. The summed E-state index contributed by atoms with van der Waals surface area (Å²) in [6.07, 6.45) is 3.32. The lowest BCUT2D eigenvalue weighted by atomic mass is 9.70. The minimum Gasteiger partial charge on any atom is -0.462 e. The van der Waals surface area contributed by atoms with Crippen LogP contribution in [-0.2, 0) is 14.3 Å². The predicted octanol–water partition coefficient (Wildman–Crippen LogP) is 3.98. The van der Waals surface area contributed by atoms with Gasteiger partial charge in [0.15, 0.2) is 5.17 Å². The molecule has 9 heteroatoms. The van der Waals surface area contributed by atoms with Crippen molar-refractivity contribution in [2.45, 2.75) is 58.6 Å². The number of ether oxygens (including phenoxy) is 1. The van der Waals surface area contributed by atoms with Gasteiger partial charge in [-0.1, -0.05) is 32.5 Å². The molecule has 1 aromatic carbocycles. The number of carbonyl (C=O) groups excluding carboxylic acids is 3. The molecule has 1 saturated heterocycles. The molecule has 0 radical (unpaired) electrons. The van der Waals surface area contributed by atoms with Crippen molar-refractivity contribution in [1.82, 2.24) is 5.32 Å². The molecule has 0 spiro atoms. The van der Waals surface area contributed by atoms with Gasteiger partial charge < -0.3 is 15.4 Å². The van der Waals surface area contributed by atoms with Crippen LogP contribution in [0.3, 0.4) is 0 Å². The second kappa shape index (κ2) is 8.93. The van der Waals surface area contributed by atoms with E-state index < -0.39 is 11.2 Å². The molecule has 2 amide bonds. The van der Waals surface area contributed by atoms with Crippen LogP contribution >= 0.6 is 11.8 Å². The Morgan fingerprint density at radius 3 is 2.55 bits per heavy atom. The molecule has 2 bridgehead atoms. The Labute approximate surface area is 198 Å². The number of esters is 1. The number of nitrogens with one attached hydrogen (secondary N) is 2. The van der Waals surface area contributed by atoms with E-state index >= 15 is 0 Å². The molecule has 0 unspecified atom stereocenters. The van der Waals surface area contributed by atoms with Gasteiger partial charge in [-0.05, 0) is 61.8 Å². The van der Waals surface area contributed by atoms with E-state index in [4.69, 9.17) is 4.74 Å². The van der Waals surface area contributed by atoms with Gasteiger partial charge in [0.05, 0.1) is 12.2 Å². The first kappa shape index (κ1) is 23.5. The fraction of sp³-hybridized carbons (Fsp3) is 0.542. The average Bonchev–Trinajstić information content (AvgIpc) is 3.29. The molecule has 3 fully saturated rings. The SMILES string of the molecule is CCOC(=O)c1ccc(NC(=O)C[C@@H]2S/C(=N/N=C3\C[C@@H]4CC[C@]3(C)C4(C)C)NC2=O)cc1. The molecule has 0 aromatic heterocycles. The minimum absolute atomic E-state index is 0.0124. The molecule has 2 saturated carbocycles. The zero-order valence-corrected chi connectivity index (χ0v) is 20.3. The van der Waals surface area contributed by atoms with Crippen molar-refractivity contribution in [3.8, 4) is 0 Å². The van der Waals surface area contributed by atoms with Crippen molar-refractivity contribution in [3.05, 3.63) is 29.8 Å². The molecule has 2 N–H and O–H groups in total. The van der Waals surface area contributed by atoms with Gasteiger partial charge in [-0.15, -0.1) is 5.10 Å². The lowest BCUT2D eigenvalue weighted by molar-refractivity contribution is -0.122. The van der Waals surface area contributed by atoms with Crippen LogP contribution in [0.15, 0.2) is 34.5 Å². The number of thioether (sulfide) groups is 1. The number of rotatable bonds is 6. The maximum atomic E-state index is 12.4. The molecular weight excluding hydrogens is 440 g/mol. The number of hydrogen-bond acceptors (Lipinski definition) is 7. The molecular formula is C24H30N4O4S. The Hall–Kier alpha value is -2.68. The number of nitrogens with zero attached hydrogens (tertiary/aromatic N) is 2. The first-order valence-corrected chi connectivity index (χ1v) is 12.2. The number of amides is 2. The second-order valence-electron chi connectivity index (χ2n) is 9.59. The Balaban J connectivity index is 1.33. The lowest BCUT2D eigenvalue weighted by Crippen LogP contribution is -2.32. The third-order valence-electron chi connectivity index (χ3n) is 7.60. The fourth-order valence-electron chi connectivity index (χ4n) is 5.06. The van der Waals surface area contributed by atoms with Gasteiger partial charge in [0, 0.05) is 23.2 Å². The topological polar surface area (TPSA) is 109 Å². The summed E-state index contributed by atoms with van der Waals surface area (Å²) in [6.45, 7) is 8.93. The van der Waals surface area contributed by atoms with Crippen LogP contribution < -0.4 is 10.6 Å². The largest absolute Gasteiger partial charge is 0.462 e. The Morgan fingerprint density at radius 2 is 1.94 bits per heavy atom. The number of benzene rings is 1. The van der Waals surface area contributed by atoms with E-state index in [9.17, 15) is 14.4 Å². The zero-order valence-electron chi connectivity index (χ0n) is 19.4. The van der Waals surface area contributed by atoms with Crippen molar-refractivity contribution in [2.24, 2.45) is 27.0 Å². The number of fused-ring (bicyclic) bond motifs is 2. The Morgan fingerprint density at radius 1 is 1.21 bits per heavy atom. The maximum absolute atomic E-state index is 12.4. The monoisotopic (exact) mass is 470 g/mol. The smallest absolute Gasteiger partial charge is 0.338 e. The standard InChI is InChI=1S/C24H30N4O4S/c1-5-32-21(31)14-6-8-16(9-7-14)25-19(29)13-17-20(30)26-22(33-17)28-27-18-12-15-10-11-24(18,4)23(15,2)3/h6-9,15,17H,5,10-13H2,1-4H3,(H,25,29)(H,26,28,30)/b27-18+/t15-,17-,24-/m0/s1. The molecule has 1 aromatic rings. The molecule has 4 rings (SSSR count). The van der Waals surface area contributed by atoms with Crippen LogP contribution in [0.5, 0.6) is 0 Å². The van der Waals surface area contributed by atoms with Gasteiger partial charge in [0.2, 0.25) is 11.8 Å². The molecule has 2 aliphatic carbocycles. The highest BCUT2D eigenvalue weighted by Crippen LogP contribution is 2.64. The van der Waals surface area contributed by atoms with Gasteiger partial charge >= 0.3 is 5.97 Å². The van der Waals surface area contributed by atoms with E-state index in [2.05, 4.69) is 41.6 Å². The van der Waals surface area contributed by atoms with Crippen molar-refractivity contribution < 1.29 is 19.1 Å². The summed E-state index contributed by atoms with van der Waals surface area (Å²) in [7, 11) is 0. The fourth-order valence-corrected chi connectivity index (χ4v) is 5.97. The van der Waals surface area contributed by atoms with Crippen LogP contribution in [0.2, 0.25) is 0 Å². The summed E-state index contributed by atoms with van der Waals surface area (Å²) < 4.78 is 4.95. The molecule has 3 atom stereocenters. The zero-order chi connectivity index (χ0) is 23.8. The van der Waals surface area contributed by atoms with Gasteiger partial charge in [0.25, 0.3) is 0 Å². The molecule has 3 aliphatic rings. The maximum Gasteiger partial charge on any atom is 0.338 e. The predicted molar refractivity (Wildman–Crippen MR) is 129 cm³/mol. The normalized spacial score (nSPS) is 30.0. The quantitative estimate of drug-likeness (QED) is 0.483. The molecule has 1 aliphatic heterocycles. The first-order chi connectivity index (χ1) is 15.6. The van der Waals surface area contributed by atoms with Crippen LogP contribution in [0.25, 0.3) is 0 Å². The average molecular weight is 471 g/mol. The highest BCUT2D eigenvalue weighted by Gasteiger charge is 2.60. The van der Waals surface area contributed by atoms with Gasteiger partial charge in [0.1, 0.15) is 5.25 Å². The second-order valence-corrected chi connectivity index (χ2v) is 10.8. The Kier molecular flexibility index (Phi) is 6.35. The third kappa shape index (κ3) is 4.43. The van der Waals surface area contributed by atoms with E-state index in [1.807, 2.05) is 0 Å². The summed E-state index contributed by atoms with van der Waals surface area (Å²) in [5.74, 6) is -0.310. The first-order valence-electron chi connectivity index (χ1n) is 11.3. The number of anilines is 1. The highest BCUT2D eigenvalue weighted by atomic mass is 32.2. The summed E-state index contributed by atoms with van der Waals surface area (Å²) in [6, 6.07) is 6.44. The van der Waals surface area contributed by atoms with E-state index in [-0.39, 0.29) is 29.1 Å². The van der Waals surface area contributed by atoms with Crippen LogP contribution in [-0.4, -0.2) is 40.5 Å². The van der Waals surface area contributed by atoms with E-state index in [0.29, 0.717) is 28.9 Å². The van der Waals surface area contributed by atoms with Crippen molar-refractivity contribution in [1.29, 1.82) is 0 Å². The third-order valence-corrected chi connectivity index (χ3v) is 8.67. The summed E-state index contributed by atoms with van der Waals surface area (Å²) in [5, 5.41) is 14.2. The molecule has 8 nitrogen and oxygen atoms in total. The van der Waals surface area contributed by atoms with Gasteiger partial charge in [-0.3, -0.25) is 9.59 Å². The summed E-state index contributed by atoms with van der Waals surface area (Å²) in [4.78, 5) is 36.5. The molecule has 176 valence electrons. The van der Waals surface area contributed by atoms with E-state index in [0.717, 1.165) is 18.6 Å². The van der Waals surface area contributed by atoms with Crippen LogP contribution in [0.4, 0.5) is 5.69 Å². The Bertz CT molecular complexity index is 1030. The molecule has 33 heavy (non-hydrogen) atoms. The van der Waals surface area contributed by atoms with Crippen molar-refractivity contribution in [3.63, 3.8) is 0 Å². The van der Waals surface area contributed by atoms with E-state index in [1.165, 1.54) is 18.2 Å². The molecule has 1 heterocycles. The van der Waals surface area contributed by atoms with Crippen LogP contribution in [0, 0.1) is 16.7 Å². The summed E-state index contributed by atoms with van der Waals surface area (Å²) >= 11 is 1.23. The number of carbonyl (C=O) groups is 3. The van der Waals surface area contributed by atoms with Crippen LogP contribution in [0.1, 0.15) is 63.7 Å². The van der Waals surface area contributed by atoms with Gasteiger partial charge in [-0.25, -0.2) is 4.79 Å². The van der Waals surface area contributed by atoms with E-state index in [1.54, 1.807) is 31.2 Å². The van der Waals surface area contributed by atoms with Crippen molar-refractivity contribution in [2.75, 3.05) is 11.9 Å². The minimum atomic E-state index is -0.560. The van der Waals surface area contributed by atoms with Crippen molar-refractivity contribution >= 4 is 46.1 Å². The lowest BCUT2D eigenvalue weighted by Gasteiger charge is -2.34. The number of hydrogen-bond donors (Lipinski definition) is 2.